The Morgan fingerprint density at radius 1 is 1.12 bits per heavy atom. The van der Waals surface area contributed by atoms with Crippen LogP contribution in [0.3, 0.4) is 0 Å². The Kier molecular flexibility index (Phi) is 4.43. The van der Waals surface area contributed by atoms with Gasteiger partial charge in [0.2, 0.25) is 0 Å². The van der Waals surface area contributed by atoms with Crippen LogP contribution in [-0.4, -0.2) is 26.1 Å². The number of aryl methyl sites for hydroxylation is 1. The minimum Gasteiger partial charge on any atom is -0.444 e. The van der Waals surface area contributed by atoms with Gasteiger partial charge in [0.25, 0.3) is 5.56 Å². The maximum absolute atomic E-state index is 13.2. The van der Waals surface area contributed by atoms with Gasteiger partial charge in [-0.05, 0) is 80.5 Å². The van der Waals surface area contributed by atoms with Crippen LogP contribution < -0.4 is 5.56 Å². The lowest BCUT2D eigenvalue weighted by Gasteiger charge is -2.24. The van der Waals surface area contributed by atoms with E-state index in [0.717, 1.165) is 51.6 Å². The summed E-state index contributed by atoms with van der Waals surface area (Å²) in [6.45, 7) is 8.77. The molecule has 2 aromatic heterocycles. The van der Waals surface area contributed by atoms with Crippen molar-refractivity contribution in [3.8, 4) is 11.1 Å². The topological polar surface area (TPSA) is 77.6 Å². The normalized spacial score (nSPS) is 15.8. The lowest BCUT2D eigenvalue weighted by atomic mass is 9.95. The molecule has 2 aliphatic rings. The first-order chi connectivity index (χ1) is 16.2. The molecule has 4 aromatic rings. The molecule has 0 bridgehead atoms. The van der Waals surface area contributed by atoms with Gasteiger partial charge < -0.3 is 13.7 Å². The summed E-state index contributed by atoms with van der Waals surface area (Å²) in [5.74, 6) is 0. The lowest BCUT2D eigenvalue weighted by Crippen LogP contribution is -2.33. The van der Waals surface area contributed by atoms with Gasteiger partial charge in [-0.25, -0.2) is 9.78 Å². The van der Waals surface area contributed by atoms with E-state index >= 15 is 0 Å². The van der Waals surface area contributed by atoms with Crippen molar-refractivity contribution in [3.63, 3.8) is 0 Å². The number of hydrogen-bond acceptors (Lipinski definition) is 5. The molecule has 0 radical (unpaired) electrons. The van der Waals surface area contributed by atoms with E-state index in [1.807, 2.05) is 31.4 Å². The van der Waals surface area contributed by atoms with Gasteiger partial charge in [-0.3, -0.25) is 9.69 Å². The molecule has 1 aliphatic carbocycles. The molecule has 34 heavy (non-hydrogen) atoms. The Labute approximate surface area is 196 Å². The van der Waals surface area contributed by atoms with E-state index in [4.69, 9.17) is 9.15 Å². The van der Waals surface area contributed by atoms with Gasteiger partial charge in [0.1, 0.15) is 5.60 Å². The van der Waals surface area contributed by atoms with Crippen LogP contribution >= 0.6 is 0 Å². The second kappa shape index (κ2) is 7.19. The fraction of sp³-hybridized carbons (Fsp3) is 0.370. The molecular weight excluding hydrogens is 430 g/mol. The summed E-state index contributed by atoms with van der Waals surface area (Å²) >= 11 is 0. The Hall–Kier alpha value is -3.61. The zero-order chi connectivity index (χ0) is 23.8. The van der Waals surface area contributed by atoms with Gasteiger partial charge in [0.05, 0.1) is 5.52 Å². The number of aromatic nitrogens is 2. The zero-order valence-corrected chi connectivity index (χ0v) is 19.8. The molecule has 2 aromatic carbocycles. The van der Waals surface area contributed by atoms with Crippen molar-refractivity contribution < 1.29 is 13.9 Å². The number of carbonyl (C=O) groups excluding carboxylic acids is 1. The molecule has 0 saturated heterocycles. The van der Waals surface area contributed by atoms with Crippen LogP contribution in [-0.2, 0) is 17.8 Å². The highest BCUT2D eigenvalue weighted by molar-refractivity contribution is 6.04. The molecule has 0 atom stereocenters. The average Bonchev–Trinajstić information content (AvgIpc) is 3.31. The van der Waals surface area contributed by atoms with Crippen LogP contribution in [0.5, 0.6) is 0 Å². The van der Waals surface area contributed by atoms with Crippen molar-refractivity contribution >= 4 is 28.1 Å². The number of benzene rings is 2. The first kappa shape index (κ1) is 21.0. The predicted molar refractivity (Wildman–Crippen MR) is 130 cm³/mol. The third kappa shape index (κ3) is 3.30. The molecule has 0 N–H and O–H groups in total. The fourth-order valence-corrected chi connectivity index (χ4v) is 5.01. The fourth-order valence-electron chi connectivity index (χ4n) is 5.01. The van der Waals surface area contributed by atoms with Crippen molar-refractivity contribution in [2.75, 3.05) is 0 Å². The van der Waals surface area contributed by atoms with E-state index in [-0.39, 0.29) is 17.7 Å². The van der Waals surface area contributed by atoms with Crippen LogP contribution in [0.1, 0.15) is 56.3 Å². The maximum Gasteiger partial charge on any atom is 0.410 e. The van der Waals surface area contributed by atoms with Crippen LogP contribution in [0.2, 0.25) is 0 Å². The van der Waals surface area contributed by atoms with Crippen molar-refractivity contribution in [2.24, 2.45) is 0 Å². The van der Waals surface area contributed by atoms with E-state index in [2.05, 4.69) is 36.2 Å². The van der Waals surface area contributed by atoms with Crippen LogP contribution in [0.25, 0.3) is 33.1 Å². The summed E-state index contributed by atoms with van der Waals surface area (Å²) in [7, 11) is 0. The minimum absolute atomic E-state index is 0.0824. The number of carbonyl (C=O) groups is 1. The monoisotopic (exact) mass is 457 g/mol. The average molecular weight is 458 g/mol. The quantitative estimate of drug-likeness (QED) is 0.386. The first-order valence-electron chi connectivity index (χ1n) is 11.7. The largest absolute Gasteiger partial charge is 0.444 e. The molecule has 174 valence electrons. The van der Waals surface area contributed by atoms with Crippen molar-refractivity contribution in [3.05, 3.63) is 63.8 Å². The lowest BCUT2D eigenvalue weighted by molar-refractivity contribution is 0.0242. The summed E-state index contributed by atoms with van der Waals surface area (Å²) in [6.07, 6.45) is 3.06. The smallest absolute Gasteiger partial charge is 0.410 e. The molecule has 7 heteroatoms. The van der Waals surface area contributed by atoms with Crippen LogP contribution in [0.15, 0.2) is 45.9 Å². The molecule has 1 fully saturated rings. The molecule has 6 rings (SSSR count). The molecule has 3 heterocycles. The number of hydrogen-bond donors (Lipinski definition) is 0. The van der Waals surface area contributed by atoms with Crippen LogP contribution in [0, 0.1) is 6.92 Å². The molecular formula is C27H27N3O4. The summed E-state index contributed by atoms with van der Waals surface area (Å²) in [4.78, 5) is 31.7. The Morgan fingerprint density at radius 2 is 1.88 bits per heavy atom. The van der Waals surface area contributed by atoms with Gasteiger partial charge in [-0.1, -0.05) is 18.2 Å². The summed E-state index contributed by atoms with van der Waals surface area (Å²) < 4.78 is 13.1. The standard InChI is InChI=1S/C27H27N3O4/c1-15-20(16-5-6-17-12-29(13-18(17)11-16)26(32)34-27(2,3)4)9-10-21-23(15)30(19-7-8-19)25(31)22-24(21)33-14-28-22/h5-6,9-11,14,19H,7-8,12-13H2,1-4H3. The number of fused-ring (bicyclic) bond motifs is 4. The van der Waals surface area contributed by atoms with E-state index in [1.165, 1.54) is 6.39 Å². The van der Waals surface area contributed by atoms with Gasteiger partial charge in [0.15, 0.2) is 17.5 Å². The van der Waals surface area contributed by atoms with Gasteiger partial charge >= 0.3 is 6.09 Å². The van der Waals surface area contributed by atoms with Crippen LogP contribution in [0.4, 0.5) is 4.79 Å². The van der Waals surface area contributed by atoms with E-state index in [1.54, 1.807) is 4.90 Å². The third-order valence-corrected chi connectivity index (χ3v) is 6.71. The van der Waals surface area contributed by atoms with E-state index in [9.17, 15) is 9.59 Å². The summed E-state index contributed by atoms with van der Waals surface area (Å²) in [5, 5.41) is 0.914. The molecule has 1 amide bonds. The predicted octanol–water partition coefficient (Wildman–Crippen LogP) is 5.70. The highest BCUT2D eigenvalue weighted by Gasteiger charge is 2.31. The maximum atomic E-state index is 13.2. The van der Waals surface area contributed by atoms with E-state index in [0.29, 0.717) is 24.2 Å². The van der Waals surface area contributed by atoms with Gasteiger partial charge in [-0.2, -0.15) is 0 Å². The minimum atomic E-state index is -0.522. The Bertz CT molecular complexity index is 1540. The number of ether oxygens (including phenoxy) is 1. The summed E-state index contributed by atoms with van der Waals surface area (Å²) in [5.41, 5.74) is 6.69. The van der Waals surface area contributed by atoms with Crippen molar-refractivity contribution in [1.82, 2.24) is 14.5 Å². The molecule has 1 aliphatic heterocycles. The van der Waals surface area contributed by atoms with Crippen molar-refractivity contribution in [1.29, 1.82) is 0 Å². The highest BCUT2D eigenvalue weighted by atomic mass is 16.6. The zero-order valence-electron chi connectivity index (χ0n) is 19.8. The van der Waals surface area contributed by atoms with Crippen molar-refractivity contribution in [2.45, 2.75) is 65.3 Å². The number of nitrogens with zero attached hydrogens (tertiary/aromatic N) is 3. The third-order valence-electron chi connectivity index (χ3n) is 6.71. The van der Waals surface area contributed by atoms with E-state index < -0.39 is 5.60 Å². The number of rotatable bonds is 2. The highest BCUT2D eigenvalue weighted by Crippen LogP contribution is 2.40. The van der Waals surface area contributed by atoms with Gasteiger partial charge in [0, 0.05) is 24.5 Å². The second-order valence-corrected chi connectivity index (χ2v) is 10.4. The number of pyridine rings is 1. The Morgan fingerprint density at radius 3 is 2.62 bits per heavy atom. The summed E-state index contributed by atoms with van der Waals surface area (Å²) in [6, 6.07) is 10.7. The van der Waals surface area contributed by atoms with Gasteiger partial charge in [-0.15, -0.1) is 0 Å². The molecule has 0 spiro atoms. The number of oxazole rings is 1. The SMILES string of the molecule is Cc1c(-c2ccc3c(c2)CN(C(=O)OC(C)(C)C)C3)ccc2c3ocnc3c(=O)n(C3CC3)c12. The first-order valence-corrected chi connectivity index (χ1v) is 11.7. The molecule has 1 saturated carbocycles. The number of amides is 1. The Balaban J connectivity index is 1.43. The molecule has 7 nitrogen and oxygen atoms in total. The second-order valence-electron chi connectivity index (χ2n) is 10.4. The molecule has 0 unspecified atom stereocenters.